The van der Waals surface area contributed by atoms with Crippen molar-refractivity contribution in [3.05, 3.63) is 34.6 Å². The summed E-state index contributed by atoms with van der Waals surface area (Å²) in [5.74, 6) is 0.919. The lowest BCUT2D eigenvalue weighted by atomic mass is 10.1. The van der Waals surface area contributed by atoms with E-state index in [9.17, 15) is 0 Å². The summed E-state index contributed by atoms with van der Waals surface area (Å²) in [6.07, 6.45) is 1.79. The van der Waals surface area contributed by atoms with Gasteiger partial charge in [0.15, 0.2) is 5.82 Å². The highest BCUT2D eigenvalue weighted by Gasteiger charge is 2.19. The zero-order valence-electron chi connectivity index (χ0n) is 10.5. The van der Waals surface area contributed by atoms with Crippen molar-refractivity contribution in [1.29, 1.82) is 0 Å². The second kappa shape index (κ2) is 4.26. The zero-order valence-corrected chi connectivity index (χ0v) is 12.1. The molecule has 1 aromatic carbocycles. The van der Waals surface area contributed by atoms with E-state index in [-0.39, 0.29) is 5.54 Å². The second-order valence-electron chi connectivity index (χ2n) is 5.15. The maximum atomic E-state index is 4.24. The molecule has 3 nitrogen and oxygen atoms in total. The highest BCUT2D eigenvalue weighted by Crippen LogP contribution is 2.27. The van der Waals surface area contributed by atoms with Gasteiger partial charge in [0.05, 0.1) is 0 Å². The molecule has 0 saturated heterocycles. The molecule has 0 aliphatic heterocycles. The molecule has 0 atom stereocenters. The predicted octanol–water partition coefficient (Wildman–Crippen LogP) is 3.77. The van der Waals surface area contributed by atoms with E-state index < -0.39 is 0 Å². The van der Waals surface area contributed by atoms with Crippen LogP contribution in [0.1, 0.15) is 26.3 Å². The van der Waals surface area contributed by atoms with Crippen molar-refractivity contribution in [3.63, 3.8) is 0 Å². The molecule has 0 aliphatic rings. The maximum absolute atomic E-state index is 4.24. The Morgan fingerprint density at radius 3 is 2.53 bits per heavy atom. The van der Waals surface area contributed by atoms with Gasteiger partial charge in [0.1, 0.15) is 6.33 Å². The molecule has 0 fully saturated rings. The van der Waals surface area contributed by atoms with Crippen LogP contribution in [0.5, 0.6) is 0 Å². The van der Waals surface area contributed by atoms with Gasteiger partial charge in [0, 0.05) is 15.6 Å². The van der Waals surface area contributed by atoms with Crippen molar-refractivity contribution in [2.45, 2.75) is 33.2 Å². The van der Waals surface area contributed by atoms with Crippen LogP contribution in [0.2, 0.25) is 0 Å². The summed E-state index contributed by atoms with van der Waals surface area (Å²) in [4.78, 5) is 0. The average molecular weight is 294 g/mol. The Hall–Kier alpha value is -1.16. The Balaban J connectivity index is 2.58. The number of nitrogens with zero attached hydrogens (tertiary/aromatic N) is 3. The van der Waals surface area contributed by atoms with Crippen molar-refractivity contribution in [1.82, 2.24) is 14.8 Å². The third kappa shape index (κ3) is 2.41. The Bertz CT molecular complexity index is 538. The highest BCUT2D eigenvalue weighted by molar-refractivity contribution is 9.10. The van der Waals surface area contributed by atoms with E-state index in [0.717, 1.165) is 15.9 Å². The average Bonchev–Trinajstić information content (AvgIpc) is 2.65. The van der Waals surface area contributed by atoms with E-state index in [2.05, 4.69) is 70.5 Å². The fourth-order valence-corrected chi connectivity index (χ4v) is 2.26. The molecule has 0 amide bonds. The van der Waals surface area contributed by atoms with Crippen LogP contribution in [0, 0.1) is 6.92 Å². The molecule has 0 aliphatic carbocycles. The Morgan fingerprint density at radius 2 is 1.94 bits per heavy atom. The van der Waals surface area contributed by atoms with Gasteiger partial charge in [-0.25, -0.2) is 0 Å². The molecule has 17 heavy (non-hydrogen) atoms. The van der Waals surface area contributed by atoms with Gasteiger partial charge in [-0.1, -0.05) is 15.9 Å². The predicted molar refractivity (Wildman–Crippen MR) is 72.9 cm³/mol. The number of benzene rings is 1. The van der Waals surface area contributed by atoms with Gasteiger partial charge >= 0.3 is 0 Å². The number of hydrogen-bond acceptors (Lipinski definition) is 2. The molecular formula is C13H16BrN3. The SMILES string of the molecule is Cc1cc(Br)ccc1-c1nncn1C(C)(C)C. The fraction of sp³-hybridized carbons (Fsp3) is 0.385. The van der Waals surface area contributed by atoms with Crippen LogP contribution < -0.4 is 0 Å². The van der Waals surface area contributed by atoms with E-state index in [1.807, 2.05) is 6.07 Å². The number of aryl methyl sites for hydroxylation is 1. The molecule has 0 saturated carbocycles. The normalized spacial score (nSPS) is 11.8. The largest absolute Gasteiger partial charge is 0.308 e. The van der Waals surface area contributed by atoms with Crippen LogP contribution >= 0.6 is 15.9 Å². The van der Waals surface area contributed by atoms with Gasteiger partial charge in [-0.05, 0) is 51.5 Å². The van der Waals surface area contributed by atoms with Crippen LogP contribution in [0.15, 0.2) is 29.0 Å². The summed E-state index contributed by atoms with van der Waals surface area (Å²) in [6, 6.07) is 6.20. The van der Waals surface area contributed by atoms with Crippen molar-refractivity contribution < 1.29 is 0 Å². The van der Waals surface area contributed by atoms with E-state index in [4.69, 9.17) is 0 Å². The number of hydrogen-bond donors (Lipinski definition) is 0. The number of aromatic nitrogens is 3. The lowest BCUT2D eigenvalue weighted by Crippen LogP contribution is -2.22. The summed E-state index contributed by atoms with van der Waals surface area (Å²) in [5, 5.41) is 8.27. The maximum Gasteiger partial charge on any atom is 0.164 e. The first-order valence-electron chi connectivity index (χ1n) is 5.56. The fourth-order valence-electron chi connectivity index (χ4n) is 1.79. The van der Waals surface area contributed by atoms with Gasteiger partial charge in [0.25, 0.3) is 0 Å². The molecule has 0 unspecified atom stereocenters. The molecule has 0 spiro atoms. The smallest absolute Gasteiger partial charge is 0.164 e. The lowest BCUT2D eigenvalue weighted by molar-refractivity contribution is 0.399. The van der Waals surface area contributed by atoms with E-state index >= 15 is 0 Å². The van der Waals surface area contributed by atoms with Crippen molar-refractivity contribution in [2.24, 2.45) is 0 Å². The van der Waals surface area contributed by atoms with Gasteiger partial charge in [0.2, 0.25) is 0 Å². The van der Waals surface area contributed by atoms with Gasteiger partial charge < -0.3 is 4.57 Å². The lowest BCUT2D eigenvalue weighted by Gasteiger charge is -2.22. The first-order valence-corrected chi connectivity index (χ1v) is 6.36. The van der Waals surface area contributed by atoms with Gasteiger partial charge in [-0.2, -0.15) is 0 Å². The van der Waals surface area contributed by atoms with E-state index in [1.165, 1.54) is 5.56 Å². The van der Waals surface area contributed by atoms with Crippen LogP contribution in [-0.4, -0.2) is 14.8 Å². The van der Waals surface area contributed by atoms with Gasteiger partial charge in [-0.3, -0.25) is 0 Å². The molecule has 2 aromatic rings. The Labute approximate surface area is 110 Å². The third-order valence-corrected chi connectivity index (χ3v) is 3.19. The van der Waals surface area contributed by atoms with E-state index in [0.29, 0.717) is 0 Å². The molecule has 0 bridgehead atoms. The monoisotopic (exact) mass is 293 g/mol. The molecule has 2 rings (SSSR count). The first kappa shape index (κ1) is 12.3. The number of rotatable bonds is 1. The minimum atomic E-state index is -0.0155. The zero-order chi connectivity index (χ0) is 12.6. The Morgan fingerprint density at radius 1 is 1.24 bits per heavy atom. The summed E-state index contributed by atoms with van der Waals surface area (Å²) in [7, 11) is 0. The minimum Gasteiger partial charge on any atom is -0.308 e. The summed E-state index contributed by atoms with van der Waals surface area (Å²) in [6.45, 7) is 8.53. The Kier molecular flexibility index (Phi) is 3.08. The minimum absolute atomic E-state index is 0.0155. The number of halogens is 1. The van der Waals surface area contributed by atoms with Crippen LogP contribution in [0.4, 0.5) is 0 Å². The molecular weight excluding hydrogens is 278 g/mol. The van der Waals surface area contributed by atoms with Crippen LogP contribution in [-0.2, 0) is 5.54 Å². The molecule has 0 radical (unpaired) electrons. The van der Waals surface area contributed by atoms with Crippen molar-refractivity contribution in [2.75, 3.05) is 0 Å². The van der Waals surface area contributed by atoms with Crippen LogP contribution in [0.25, 0.3) is 11.4 Å². The summed E-state index contributed by atoms with van der Waals surface area (Å²) in [5.41, 5.74) is 2.30. The molecule has 1 heterocycles. The third-order valence-electron chi connectivity index (χ3n) is 2.70. The van der Waals surface area contributed by atoms with Crippen molar-refractivity contribution in [3.8, 4) is 11.4 Å². The molecule has 0 N–H and O–H groups in total. The standard InChI is InChI=1S/C13H16BrN3/c1-9-7-10(14)5-6-11(9)12-16-15-8-17(12)13(2,3)4/h5-8H,1-4H3. The topological polar surface area (TPSA) is 30.7 Å². The molecule has 4 heteroatoms. The first-order chi connectivity index (χ1) is 7.89. The molecule has 1 aromatic heterocycles. The second-order valence-corrected chi connectivity index (χ2v) is 6.07. The van der Waals surface area contributed by atoms with Crippen LogP contribution in [0.3, 0.4) is 0 Å². The summed E-state index contributed by atoms with van der Waals surface area (Å²) < 4.78 is 3.18. The molecule has 90 valence electrons. The highest BCUT2D eigenvalue weighted by atomic mass is 79.9. The summed E-state index contributed by atoms with van der Waals surface area (Å²) >= 11 is 3.47. The van der Waals surface area contributed by atoms with Crippen molar-refractivity contribution >= 4 is 15.9 Å². The van der Waals surface area contributed by atoms with Gasteiger partial charge in [-0.15, -0.1) is 10.2 Å². The van der Waals surface area contributed by atoms with E-state index in [1.54, 1.807) is 6.33 Å². The quantitative estimate of drug-likeness (QED) is 0.801.